The first-order valence-electron chi connectivity index (χ1n) is 6.26. The molecule has 2 fully saturated rings. The maximum Gasteiger partial charge on any atom is 0.336 e. The van der Waals surface area contributed by atoms with Gasteiger partial charge in [-0.2, -0.15) is 0 Å². The number of rotatable bonds is 4. The van der Waals surface area contributed by atoms with Crippen LogP contribution in [0.1, 0.15) is 26.2 Å². The normalized spacial score (nSPS) is 35.4. The van der Waals surface area contributed by atoms with E-state index in [1.807, 2.05) is 0 Å². The van der Waals surface area contributed by atoms with Gasteiger partial charge in [-0.3, -0.25) is 0 Å². The zero-order valence-corrected chi connectivity index (χ0v) is 11.0. The minimum absolute atomic E-state index is 0.186. The average molecular weight is 256 g/mol. The van der Waals surface area contributed by atoms with Gasteiger partial charge in [0.25, 0.3) is 0 Å². The lowest BCUT2D eigenvalue weighted by atomic mass is 9.98. The van der Waals surface area contributed by atoms with Crippen molar-refractivity contribution in [1.29, 1.82) is 0 Å². The van der Waals surface area contributed by atoms with E-state index >= 15 is 0 Å². The van der Waals surface area contributed by atoms with Gasteiger partial charge in [-0.05, 0) is 19.8 Å². The van der Waals surface area contributed by atoms with Crippen molar-refractivity contribution in [2.45, 2.75) is 38.8 Å². The number of ether oxygens (including phenoxy) is 4. The van der Waals surface area contributed by atoms with Crippen LogP contribution in [0, 0.1) is 11.8 Å². The van der Waals surface area contributed by atoms with Crippen LogP contribution in [0.5, 0.6) is 0 Å². The van der Waals surface area contributed by atoms with Gasteiger partial charge in [-0.15, -0.1) is 0 Å². The van der Waals surface area contributed by atoms with Crippen molar-refractivity contribution in [2.75, 3.05) is 14.2 Å². The molecule has 5 heteroatoms. The Kier molecular flexibility index (Phi) is 4.24. The number of carbonyl (C=O) groups excluding carboxylic acids is 1. The third-order valence-corrected chi connectivity index (χ3v) is 3.71. The van der Waals surface area contributed by atoms with Crippen LogP contribution in [0.3, 0.4) is 0 Å². The maximum absolute atomic E-state index is 11.2. The molecule has 102 valence electrons. The smallest absolute Gasteiger partial charge is 0.336 e. The first-order chi connectivity index (χ1) is 8.67. The predicted octanol–water partition coefficient (Wildman–Crippen LogP) is 1.82. The summed E-state index contributed by atoms with van der Waals surface area (Å²) in [4.78, 5) is 11.2. The van der Waals surface area contributed by atoms with E-state index in [0.29, 0.717) is 17.4 Å². The molecule has 2 aliphatic rings. The van der Waals surface area contributed by atoms with Crippen LogP contribution in [0.25, 0.3) is 0 Å². The fraction of sp³-hybridized carbons (Fsp3) is 0.769. The van der Waals surface area contributed by atoms with E-state index in [-0.39, 0.29) is 18.5 Å². The van der Waals surface area contributed by atoms with Crippen molar-refractivity contribution in [1.82, 2.24) is 0 Å². The second-order valence-electron chi connectivity index (χ2n) is 4.80. The van der Waals surface area contributed by atoms with Crippen molar-refractivity contribution in [3.8, 4) is 0 Å². The van der Waals surface area contributed by atoms with Crippen molar-refractivity contribution in [3.05, 3.63) is 11.8 Å². The molecule has 0 unspecified atom stereocenters. The summed E-state index contributed by atoms with van der Waals surface area (Å²) in [5.41, 5.74) is 0.427. The number of fused-ring (bicyclic) bond motifs is 1. The number of esters is 1. The second kappa shape index (κ2) is 5.71. The zero-order valence-electron chi connectivity index (χ0n) is 11.0. The van der Waals surface area contributed by atoms with Crippen LogP contribution >= 0.6 is 0 Å². The summed E-state index contributed by atoms with van der Waals surface area (Å²) in [6.45, 7) is 1.65. The molecule has 1 aliphatic carbocycles. The van der Waals surface area contributed by atoms with Crippen LogP contribution in [0.4, 0.5) is 0 Å². The van der Waals surface area contributed by atoms with Gasteiger partial charge in [0, 0.05) is 18.9 Å². The Labute approximate surface area is 107 Å². The van der Waals surface area contributed by atoms with Gasteiger partial charge in [-0.1, -0.05) is 6.42 Å². The number of methoxy groups -OCH3 is 2. The molecular formula is C13H20O5. The molecule has 0 spiro atoms. The maximum atomic E-state index is 11.2. The summed E-state index contributed by atoms with van der Waals surface area (Å²) in [6.07, 6.45) is 4.29. The van der Waals surface area contributed by atoms with Gasteiger partial charge in [0.1, 0.15) is 0 Å². The molecule has 0 aromatic heterocycles. The first kappa shape index (κ1) is 13.4. The highest BCUT2D eigenvalue weighted by Crippen LogP contribution is 2.45. The van der Waals surface area contributed by atoms with Crippen molar-refractivity contribution < 1.29 is 23.7 Å². The average Bonchev–Trinajstić information content (AvgIpc) is 2.97. The predicted molar refractivity (Wildman–Crippen MR) is 63.4 cm³/mol. The van der Waals surface area contributed by atoms with E-state index in [0.717, 1.165) is 12.8 Å². The van der Waals surface area contributed by atoms with E-state index in [1.165, 1.54) is 19.8 Å². The van der Waals surface area contributed by atoms with Gasteiger partial charge in [0.15, 0.2) is 6.29 Å². The van der Waals surface area contributed by atoms with Crippen molar-refractivity contribution >= 4 is 5.97 Å². The summed E-state index contributed by atoms with van der Waals surface area (Å²) in [6, 6.07) is 0. The van der Waals surface area contributed by atoms with Crippen LogP contribution in [-0.2, 0) is 23.7 Å². The van der Waals surface area contributed by atoms with Crippen molar-refractivity contribution in [2.24, 2.45) is 11.8 Å². The highest BCUT2D eigenvalue weighted by atomic mass is 16.8. The summed E-state index contributed by atoms with van der Waals surface area (Å²) in [5.74, 6) is 0.378. The van der Waals surface area contributed by atoms with Crippen molar-refractivity contribution in [3.63, 3.8) is 0 Å². The number of hydrogen-bond acceptors (Lipinski definition) is 5. The molecule has 1 heterocycles. The Morgan fingerprint density at radius 3 is 2.50 bits per heavy atom. The molecule has 0 bridgehead atoms. The minimum Gasteiger partial charge on any atom is -0.472 e. The quantitative estimate of drug-likeness (QED) is 0.436. The van der Waals surface area contributed by atoms with E-state index in [9.17, 15) is 4.79 Å². The van der Waals surface area contributed by atoms with Gasteiger partial charge >= 0.3 is 5.97 Å². The van der Waals surface area contributed by atoms with Crippen LogP contribution in [0.2, 0.25) is 0 Å². The largest absolute Gasteiger partial charge is 0.472 e. The Hall–Kier alpha value is -1.07. The molecule has 1 saturated heterocycles. The topological polar surface area (TPSA) is 54.0 Å². The third-order valence-electron chi connectivity index (χ3n) is 3.71. The summed E-state index contributed by atoms with van der Waals surface area (Å²) >= 11 is 0. The van der Waals surface area contributed by atoms with E-state index < -0.39 is 0 Å². The highest BCUT2D eigenvalue weighted by Gasteiger charge is 2.48. The van der Waals surface area contributed by atoms with E-state index in [2.05, 4.69) is 4.74 Å². The second-order valence-corrected chi connectivity index (χ2v) is 4.80. The Balaban J connectivity index is 1.96. The van der Waals surface area contributed by atoms with Gasteiger partial charge in [0.2, 0.25) is 6.29 Å². The van der Waals surface area contributed by atoms with Crippen LogP contribution < -0.4 is 0 Å². The highest BCUT2D eigenvalue weighted by molar-refractivity contribution is 5.87. The molecule has 1 aliphatic heterocycles. The summed E-state index contributed by atoms with van der Waals surface area (Å²) in [5, 5.41) is 0. The molecule has 0 N–H and O–H groups in total. The lowest BCUT2D eigenvalue weighted by Crippen LogP contribution is -2.18. The molecule has 0 amide bonds. The van der Waals surface area contributed by atoms with Gasteiger partial charge < -0.3 is 18.9 Å². The minimum atomic E-state index is -0.390. The zero-order chi connectivity index (χ0) is 13.1. The molecule has 0 radical (unpaired) electrons. The SMILES string of the molecule is COC(=O)/C(C)=C/O[C@@H]1O[C@@H](OC)[C@@H]2CCC[C@H]12. The molecule has 0 aromatic carbocycles. The fourth-order valence-corrected chi connectivity index (χ4v) is 2.77. The first-order valence-corrected chi connectivity index (χ1v) is 6.26. The lowest BCUT2D eigenvalue weighted by molar-refractivity contribution is -0.191. The Morgan fingerprint density at radius 1 is 1.22 bits per heavy atom. The van der Waals surface area contributed by atoms with Crippen LogP contribution in [-0.4, -0.2) is 32.8 Å². The third kappa shape index (κ3) is 2.52. The Bertz CT molecular complexity index is 338. The lowest BCUT2D eigenvalue weighted by Gasteiger charge is -2.16. The molecule has 18 heavy (non-hydrogen) atoms. The number of carbonyl (C=O) groups is 1. The molecule has 4 atom stereocenters. The molecule has 0 aromatic rings. The monoisotopic (exact) mass is 256 g/mol. The molecular weight excluding hydrogens is 236 g/mol. The van der Waals surface area contributed by atoms with Crippen LogP contribution in [0.15, 0.2) is 11.8 Å². The molecule has 2 rings (SSSR count). The molecule has 1 saturated carbocycles. The standard InChI is InChI=1S/C13H20O5/c1-8(11(14)15-2)7-17-13-10-6-4-5-9(10)12(16-3)18-13/h7,9-10,12-13H,4-6H2,1-3H3/b8-7+/t9-,10+,12-,13-/m1/s1. The van der Waals surface area contributed by atoms with Gasteiger partial charge in [0.05, 0.1) is 18.9 Å². The Morgan fingerprint density at radius 2 is 1.89 bits per heavy atom. The molecule has 5 nitrogen and oxygen atoms in total. The fourth-order valence-electron chi connectivity index (χ4n) is 2.77. The number of hydrogen-bond donors (Lipinski definition) is 0. The summed E-state index contributed by atoms with van der Waals surface area (Å²) in [7, 11) is 3.00. The van der Waals surface area contributed by atoms with Gasteiger partial charge in [-0.25, -0.2) is 4.79 Å². The summed E-state index contributed by atoms with van der Waals surface area (Å²) < 4.78 is 21.2. The van der Waals surface area contributed by atoms with E-state index in [1.54, 1.807) is 14.0 Å². The van der Waals surface area contributed by atoms with E-state index in [4.69, 9.17) is 14.2 Å².